The highest BCUT2D eigenvalue weighted by molar-refractivity contribution is 6.37. The van der Waals surface area contributed by atoms with Gasteiger partial charge in [0.15, 0.2) is 0 Å². The minimum atomic E-state index is -0.235. The normalized spacial score (nSPS) is 26.8. The summed E-state index contributed by atoms with van der Waals surface area (Å²) in [5.74, 6) is 0. The first kappa shape index (κ1) is 5.99. The molecule has 1 unspecified atom stereocenters. The summed E-state index contributed by atoms with van der Waals surface area (Å²) in [5.41, 5.74) is -0.235. The summed E-state index contributed by atoms with van der Waals surface area (Å²) in [6.07, 6.45) is 5.32. The zero-order valence-corrected chi connectivity index (χ0v) is 5.58. The van der Waals surface area contributed by atoms with Crippen molar-refractivity contribution in [3.05, 3.63) is 23.4 Å². The van der Waals surface area contributed by atoms with E-state index in [9.17, 15) is 0 Å². The van der Waals surface area contributed by atoms with Gasteiger partial charge in [-0.2, -0.15) is 0 Å². The lowest BCUT2D eigenvalue weighted by Gasteiger charge is -2.10. The van der Waals surface area contributed by atoms with Crippen LogP contribution in [-0.2, 0) is 0 Å². The van der Waals surface area contributed by atoms with E-state index in [1.165, 1.54) is 0 Å². The van der Waals surface area contributed by atoms with Crippen LogP contribution in [-0.4, -0.2) is 5.50 Å². The van der Waals surface area contributed by atoms with Crippen molar-refractivity contribution in [2.45, 2.75) is 5.50 Å². The van der Waals surface area contributed by atoms with Crippen LogP contribution < -0.4 is 5.32 Å². The molecule has 0 bridgehead atoms. The van der Waals surface area contributed by atoms with Crippen LogP contribution in [0.15, 0.2) is 23.4 Å². The van der Waals surface area contributed by atoms with Crippen LogP contribution in [0.4, 0.5) is 0 Å². The number of hydrogen-bond acceptors (Lipinski definition) is 1. The standard InChI is InChI=1S/C5H5Cl2N/c6-4-2-1-3-8-5(4)7/h1-3,5,8H. The summed E-state index contributed by atoms with van der Waals surface area (Å²) < 4.78 is 0. The zero-order valence-electron chi connectivity index (χ0n) is 4.07. The van der Waals surface area contributed by atoms with E-state index >= 15 is 0 Å². The third-order valence-electron chi connectivity index (χ3n) is 0.836. The molecule has 1 nitrogen and oxygen atoms in total. The first-order valence-corrected chi connectivity index (χ1v) is 3.04. The maximum absolute atomic E-state index is 5.60. The second kappa shape index (κ2) is 2.42. The Morgan fingerprint density at radius 1 is 1.62 bits per heavy atom. The van der Waals surface area contributed by atoms with Crippen molar-refractivity contribution >= 4 is 23.2 Å². The number of halogens is 2. The Morgan fingerprint density at radius 2 is 2.38 bits per heavy atom. The van der Waals surface area contributed by atoms with Crippen LogP contribution in [0.5, 0.6) is 0 Å². The third kappa shape index (κ3) is 1.17. The van der Waals surface area contributed by atoms with E-state index in [0.29, 0.717) is 5.03 Å². The number of allylic oxidation sites excluding steroid dienone is 2. The number of dihydropyridines is 1. The fourth-order valence-electron chi connectivity index (χ4n) is 0.444. The summed E-state index contributed by atoms with van der Waals surface area (Å²) in [7, 11) is 0. The molecule has 0 aromatic carbocycles. The van der Waals surface area contributed by atoms with Gasteiger partial charge in [0.2, 0.25) is 0 Å². The molecule has 0 saturated heterocycles. The zero-order chi connectivity index (χ0) is 5.98. The van der Waals surface area contributed by atoms with Crippen molar-refractivity contribution in [1.29, 1.82) is 0 Å². The van der Waals surface area contributed by atoms with Crippen LogP contribution in [0.3, 0.4) is 0 Å². The van der Waals surface area contributed by atoms with Crippen LogP contribution >= 0.6 is 23.2 Å². The van der Waals surface area contributed by atoms with Gasteiger partial charge in [-0.05, 0) is 18.4 Å². The average Bonchev–Trinajstić information content (AvgIpc) is 1.77. The maximum Gasteiger partial charge on any atom is 0.137 e. The molecule has 1 atom stereocenters. The molecule has 0 spiro atoms. The van der Waals surface area contributed by atoms with Crippen molar-refractivity contribution < 1.29 is 0 Å². The quantitative estimate of drug-likeness (QED) is 0.410. The highest BCUT2D eigenvalue weighted by atomic mass is 35.5. The molecule has 0 aliphatic carbocycles. The van der Waals surface area contributed by atoms with Crippen molar-refractivity contribution in [3.63, 3.8) is 0 Å². The number of rotatable bonds is 0. The highest BCUT2D eigenvalue weighted by Gasteiger charge is 2.06. The minimum Gasteiger partial charge on any atom is -0.371 e. The average molecular weight is 150 g/mol. The van der Waals surface area contributed by atoms with Gasteiger partial charge >= 0.3 is 0 Å². The predicted octanol–water partition coefficient (Wildman–Crippen LogP) is 1.79. The lowest BCUT2D eigenvalue weighted by molar-refractivity contribution is 0.888. The van der Waals surface area contributed by atoms with Crippen LogP contribution in [0.2, 0.25) is 0 Å². The van der Waals surface area contributed by atoms with E-state index in [1.807, 2.05) is 0 Å². The second-order valence-electron chi connectivity index (χ2n) is 1.44. The van der Waals surface area contributed by atoms with Gasteiger partial charge in [0.1, 0.15) is 5.50 Å². The molecule has 44 valence electrons. The van der Waals surface area contributed by atoms with Gasteiger partial charge in [-0.3, -0.25) is 0 Å². The van der Waals surface area contributed by atoms with Gasteiger partial charge in [-0.15, -0.1) is 0 Å². The molecule has 1 rings (SSSR count). The minimum absolute atomic E-state index is 0.235. The van der Waals surface area contributed by atoms with Gasteiger partial charge in [-0.25, -0.2) is 0 Å². The summed E-state index contributed by atoms with van der Waals surface area (Å²) >= 11 is 11.2. The summed E-state index contributed by atoms with van der Waals surface area (Å²) in [6, 6.07) is 0. The third-order valence-corrected chi connectivity index (χ3v) is 1.65. The molecule has 0 radical (unpaired) electrons. The molecule has 0 saturated carbocycles. The lowest BCUT2D eigenvalue weighted by atomic mass is 10.4. The molecule has 3 heteroatoms. The van der Waals surface area contributed by atoms with Crippen molar-refractivity contribution in [1.82, 2.24) is 5.32 Å². The second-order valence-corrected chi connectivity index (χ2v) is 2.31. The largest absolute Gasteiger partial charge is 0.371 e. The Kier molecular flexibility index (Phi) is 1.81. The van der Waals surface area contributed by atoms with Gasteiger partial charge in [0.25, 0.3) is 0 Å². The SMILES string of the molecule is ClC1=CC=CNC1Cl. The summed E-state index contributed by atoms with van der Waals surface area (Å²) in [6.45, 7) is 0. The van der Waals surface area contributed by atoms with E-state index in [4.69, 9.17) is 23.2 Å². The van der Waals surface area contributed by atoms with E-state index in [2.05, 4.69) is 5.32 Å². The number of nitrogens with one attached hydrogen (secondary N) is 1. The van der Waals surface area contributed by atoms with Gasteiger partial charge in [0.05, 0.1) is 5.03 Å². The van der Waals surface area contributed by atoms with Gasteiger partial charge in [-0.1, -0.05) is 23.2 Å². The van der Waals surface area contributed by atoms with Crippen molar-refractivity contribution in [2.75, 3.05) is 0 Å². The predicted molar refractivity (Wildman–Crippen MR) is 35.9 cm³/mol. The molecule has 1 aliphatic heterocycles. The van der Waals surface area contributed by atoms with Crippen LogP contribution in [0.1, 0.15) is 0 Å². The Bertz CT molecular complexity index is 139. The van der Waals surface area contributed by atoms with Crippen LogP contribution in [0, 0.1) is 0 Å². The molecule has 0 aromatic heterocycles. The summed E-state index contributed by atoms with van der Waals surface area (Å²) in [4.78, 5) is 0. The van der Waals surface area contributed by atoms with Crippen molar-refractivity contribution in [2.24, 2.45) is 0 Å². The van der Waals surface area contributed by atoms with Gasteiger partial charge < -0.3 is 5.32 Å². The van der Waals surface area contributed by atoms with Gasteiger partial charge in [0, 0.05) is 0 Å². The molecule has 1 aliphatic rings. The first-order chi connectivity index (χ1) is 3.80. The fraction of sp³-hybridized carbons (Fsp3) is 0.200. The number of alkyl halides is 1. The van der Waals surface area contributed by atoms with E-state index < -0.39 is 0 Å². The highest BCUT2D eigenvalue weighted by Crippen LogP contribution is 2.14. The van der Waals surface area contributed by atoms with E-state index in [0.717, 1.165) is 0 Å². The number of hydrogen-bond donors (Lipinski definition) is 1. The summed E-state index contributed by atoms with van der Waals surface area (Å²) in [5, 5.41) is 3.45. The van der Waals surface area contributed by atoms with Crippen LogP contribution in [0.25, 0.3) is 0 Å². The topological polar surface area (TPSA) is 12.0 Å². The van der Waals surface area contributed by atoms with E-state index in [-0.39, 0.29) is 5.50 Å². The molecular formula is C5H5Cl2N. The van der Waals surface area contributed by atoms with E-state index in [1.54, 1.807) is 18.4 Å². The molecular weight excluding hydrogens is 145 g/mol. The Hall–Kier alpha value is -0.140. The Labute approximate surface area is 58.0 Å². The molecule has 0 aromatic rings. The maximum atomic E-state index is 5.60. The van der Waals surface area contributed by atoms with Crippen molar-refractivity contribution in [3.8, 4) is 0 Å². The fourth-order valence-corrected chi connectivity index (χ4v) is 0.725. The lowest BCUT2D eigenvalue weighted by Crippen LogP contribution is -2.19. The molecule has 8 heavy (non-hydrogen) atoms. The first-order valence-electron chi connectivity index (χ1n) is 2.23. The molecule has 1 heterocycles. The molecule has 0 amide bonds. The molecule has 0 fully saturated rings. The smallest absolute Gasteiger partial charge is 0.137 e. The molecule has 1 N–H and O–H groups in total. The monoisotopic (exact) mass is 149 g/mol. The Morgan fingerprint density at radius 3 is 2.75 bits per heavy atom. The Balaban J connectivity index is 2.66.